The summed E-state index contributed by atoms with van der Waals surface area (Å²) in [6.45, 7) is 6.24. The van der Waals surface area contributed by atoms with Crippen molar-refractivity contribution < 1.29 is 9.53 Å². The maximum Gasteiger partial charge on any atom is 0.219 e. The minimum absolute atomic E-state index is 0.117. The van der Waals surface area contributed by atoms with Crippen LogP contribution in [0.2, 0.25) is 0 Å². The highest BCUT2D eigenvalue weighted by Gasteiger charge is 2.34. The summed E-state index contributed by atoms with van der Waals surface area (Å²) in [5.41, 5.74) is 2.35. The van der Waals surface area contributed by atoms with Crippen LogP contribution in [0.1, 0.15) is 41.3 Å². The number of fused-ring (bicyclic) bond motifs is 2. The van der Waals surface area contributed by atoms with Crippen molar-refractivity contribution >= 4 is 28.6 Å². The maximum atomic E-state index is 11.6. The van der Waals surface area contributed by atoms with Crippen LogP contribution in [0.5, 0.6) is 0 Å². The van der Waals surface area contributed by atoms with Crippen LogP contribution in [0.15, 0.2) is 11.4 Å². The summed E-state index contributed by atoms with van der Waals surface area (Å²) in [7, 11) is 0. The summed E-state index contributed by atoms with van der Waals surface area (Å²) in [6.07, 6.45) is 3.64. The van der Waals surface area contributed by atoms with E-state index in [1.807, 2.05) is 16.2 Å². The molecule has 0 bridgehead atoms. The normalized spacial score (nSPS) is 26.0. The van der Waals surface area contributed by atoms with E-state index in [1.54, 1.807) is 18.3 Å². The van der Waals surface area contributed by atoms with Crippen LogP contribution in [0.3, 0.4) is 0 Å². The highest BCUT2D eigenvalue weighted by molar-refractivity contribution is 7.16. The molecule has 0 saturated carbocycles. The first kappa shape index (κ1) is 16.9. The van der Waals surface area contributed by atoms with Crippen molar-refractivity contribution in [2.24, 2.45) is 0 Å². The van der Waals surface area contributed by atoms with Gasteiger partial charge >= 0.3 is 0 Å². The number of ether oxygens (including phenoxy) is 1. The number of aromatic nitrogens is 1. The van der Waals surface area contributed by atoms with Crippen LogP contribution in [-0.4, -0.2) is 53.0 Å². The van der Waals surface area contributed by atoms with E-state index < -0.39 is 0 Å². The Morgan fingerprint density at radius 2 is 2.31 bits per heavy atom. The standard InChI is InChI=1S/C19H23N3O2S2/c1-12(23)21-6-4-17-13(8-21)7-18(26-17)15-11-25-19(20-15)16-9-22-5-2-3-14(22)10-24-16/h7,11,14,16H,2-6,8-10H2,1H3. The molecule has 2 fully saturated rings. The van der Waals surface area contributed by atoms with E-state index in [-0.39, 0.29) is 12.0 Å². The second kappa shape index (κ2) is 6.71. The van der Waals surface area contributed by atoms with Gasteiger partial charge in [-0.05, 0) is 37.4 Å². The van der Waals surface area contributed by atoms with E-state index in [9.17, 15) is 4.79 Å². The predicted molar refractivity (Wildman–Crippen MR) is 104 cm³/mol. The van der Waals surface area contributed by atoms with Crippen molar-refractivity contribution in [3.8, 4) is 10.6 Å². The fourth-order valence-corrected chi connectivity index (χ4v) is 6.30. The lowest BCUT2D eigenvalue weighted by molar-refractivity contribution is -0.129. The van der Waals surface area contributed by atoms with E-state index in [2.05, 4.69) is 16.3 Å². The number of thiophene rings is 1. The molecule has 2 saturated heterocycles. The Labute approximate surface area is 161 Å². The monoisotopic (exact) mass is 389 g/mol. The van der Waals surface area contributed by atoms with E-state index in [0.717, 1.165) is 43.4 Å². The number of amides is 1. The molecule has 0 radical (unpaired) electrons. The summed E-state index contributed by atoms with van der Waals surface area (Å²) in [4.78, 5) is 23.7. The third-order valence-corrected chi connectivity index (χ3v) is 7.95. The molecule has 3 aliphatic rings. The summed E-state index contributed by atoms with van der Waals surface area (Å²) >= 11 is 3.55. The molecule has 0 aromatic carbocycles. The molecule has 5 rings (SSSR count). The Morgan fingerprint density at radius 3 is 3.19 bits per heavy atom. The van der Waals surface area contributed by atoms with Gasteiger partial charge in [0, 0.05) is 42.9 Å². The number of hydrogen-bond acceptors (Lipinski definition) is 6. The molecule has 5 heterocycles. The molecule has 2 unspecified atom stereocenters. The van der Waals surface area contributed by atoms with Gasteiger partial charge in [-0.15, -0.1) is 22.7 Å². The zero-order chi connectivity index (χ0) is 17.7. The van der Waals surface area contributed by atoms with Gasteiger partial charge in [0.2, 0.25) is 5.91 Å². The Kier molecular flexibility index (Phi) is 4.35. The Balaban J connectivity index is 1.34. The fraction of sp³-hybridized carbons (Fsp3) is 0.579. The molecule has 0 spiro atoms. The molecule has 2 atom stereocenters. The second-order valence-electron chi connectivity index (χ2n) is 7.43. The van der Waals surface area contributed by atoms with Gasteiger partial charge in [0.25, 0.3) is 0 Å². The number of hydrogen-bond donors (Lipinski definition) is 0. The first-order valence-corrected chi connectivity index (χ1v) is 11.1. The van der Waals surface area contributed by atoms with Gasteiger partial charge in [0.1, 0.15) is 11.1 Å². The molecule has 26 heavy (non-hydrogen) atoms. The van der Waals surface area contributed by atoms with Gasteiger partial charge in [-0.3, -0.25) is 9.69 Å². The minimum Gasteiger partial charge on any atom is -0.368 e. The van der Waals surface area contributed by atoms with Gasteiger partial charge < -0.3 is 9.64 Å². The van der Waals surface area contributed by atoms with E-state index in [1.165, 1.54) is 34.7 Å². The number of thiazole rings is 1. The Bertz CT molecular complexity index is 831. The zero-order valence-electron chi connectivity index (χ0n) is 14.9. The summed E-state index contributed by atoms with van der Waals surface area (Å²) in [6, 6.07) is 2.85. The van der Waals surface area contributed by atoms with Crippen molar-refractivity contribution in [3.05, 3.63) is 26.9 Å². The third-order valence-electron chi connectivity index (χ3n) is 5.75. The van der Waals surface area contributed by atoms with Gasteiger partial charge in [0.05, 0.1) is 17.2 Å². The highest BCUT2D eigenvalue weighted by Crippen LogP contribution is 2.37. The molecule has 0 aliphatic carbocycles. The van der Waals surface area contributed by atoms with Crippen LogP contribution in [0.25, 0.3) is 10.6 Å². The average Bonchev–Trinajstić information content (AvgIpc) is 3.37. The average molecular weight is 390 g/mol. The molecule has 138 valence electrons. The lowest BCUT2D eigenvalue weighted by Crippen LogP contribution is -2.42. The molecule has 2 aromatic heterocycles. The predicted octanol–water partition coefficient (Wildman–Crippen LogP) is 3.31. The molecule has 1 amide bonds. The SMILES string of the molecule is CC(=O)N1CCc2sc(-c3csc(C4CN5CCCC5CO4)n3)cc2C1. The third kappa shape index (κ3) is 3.01. The van der Waals surface area contributed by atoms with Gasteiger partial charge in [-0.25, -0.2) is 4.98 Å². The molecule has 2 aromatic rings. The van der Waals surface area contributed by atoms with Crippen molar-refractivity contribution in [2.45, 2.75) is 44.9 Å². The van der Waals surface area contributed by atoms with Gasteiger partial charge in [-0.2, -0.15) is 0 Å². The number of morpholine rings is 1. The number of carbonyl (C=O) groups excluding carboxylic acids is 1. The molecular formula is C19H23N3O2S2. The Hall–Kier alpha value is -1.28. The fourth-order valence-electron chi connectivity index (χ4n) is 4.24. The van der Waals surface area contributed by atoms with E-state index >= 15 is 0 Å². The van der Waals surface area contributed by atoms with Crippen molar-refractivity contribution in [2.75, 3.05) is 26.2 Å². The van der Waals surface area contributed by atoms with Crippen LogP contribution in [-0.2, 0) is 22.5 Å². The first-order valence-electron chi connectivity index (χ1n) is 9.36. The molecule has 7 heteroatoms. The summed E-state index contributed by atoms with van der Waals surface area (Å²) in [5.74, 6) is 0.161. The molecule has 0 N–H and O–H groups in total. The number of nitrogens with zero attached hydrogens (tertiary/aromatic N) is 3. The zero-order valence-corrected chi connectivity index (χ0v) is 16.6. The lowest BCUT2D eigenvalue weighted by atomic mass is 10.1. The van der Waals surface area contributed by atoms with Crippen molar-refractivity contribution in [3.63, 3.8) is 0 Å². The summed E-state index contributed by atoms with van der Waals surface area (Å²) < 4.78 is 6.11. The van der Waals surface area contributed by atoms with Crippen molar-refractivity contribution in [1.29, 1.82) is 0 Å². The number of carbonyl (C=O) groups is 1. The lowest BCUT2D eigenvalue weighted by Gasteiger charge is -2.34. The minimum atomic E-state index is 0.117. The van der Waals surface area contributed by atoms with Crippen LogP contribution >= 0.6 is 22.7 Å². The largest absolute Gasteiger partial charge is 0.368 e. The maximum absolute atomic E-state index is 11.6. The molecular weight excluding hydrogens is 366 g/mol. The quantitative estimate of drug-likeness (QED) is 0.791. The van der Waals surface area contributed by atoms with Crippen molar-refractivity contribution in [1.82, 2.24) is 14.8 Å². The van der Waals surface area contributed by atoms with Crippen LogP contribution in [0, 0.1) is 0 Å². The highest BCUT2D eigenvalue weighted by atomic mass is 32.1. The van der Waals surface area contributed by atoms with Gasteiger partial charge in [-0.1, -0.05) is 0 Å². The van der Waals surface area contributed by atoms with Gasteiger partial charge in [0.15, 0.2) is 0 Å². The second-order valence-corrected chi connectivity index (χ2v) is 9.46. The topological polar surface area (TPSA) is 45.7 Å². The smallest absolute Gasteiger partial charge is 0.219 e. The Morgan fingerprint density at radius 1 is 1.38 bits per heavy atom. The van der Waals surface area contributed by atoms with E-state index in [4.69, 9.17) is 9.72 Å². The summed E-state index contributed by atoms with van der Waals surface area (Å²) in [5, 5.41) is 3.26. The molecule has 3 aliphatic heterocycles. The van der Waals surface area contributed by atoms with Crippen LogP contribution in [0.4, 0.5) is 0 Å². The molecule has 5 nitrogen and oxygen atoms in total. The number of rotatable bonds is 2. The van der Waals surface area contributed by atoms with Crippen LogP contribution < -0.4 is 0 Å². The van der Waals surface area contributed by atoms with E-state index in [0.29, 0.717) is 6.04 Å². The first-order chi connectivity index (χ1) is 12.7.